The quantitative estimate of drug-likeness (QED) is 0.621. The first-order valence-electron chi connectivity index (χ1n) is 9.62. The summed E-state index contributed by atoms with van der Waals surface area (Å²) in [5, 5.41) is 31.9. The summed E-state index contributed by atoms with van der Waals surface area (Å²) in [6.45, 7) is 8.75. The van der Waals surface area contributed by atoms with E-state index < -0.39 is 23.7 Å². The number of aromatic carboxylic acids is 1. The van der Waals surface area contributed by atoms with Gasteiger partial charge in [0.15, 0.2) is 6.10 Å². The Morgan fingerprint density at radius 2 is 1.59 bits per heavy atom. The van der Waals surface area contributed by atoms with Crippen LogP contribution in [-0.2, 0) is 15.6 Å². The van der Waals surface area contributed by atoms with Gasteiger partial charge >= 0.3 is 5.97 Å². The minimum Gasteiger partial charge on any atom is -0.507 e. The van der Waals surface area contributed by atoms with Gasteiger partial charge in [0, 0.05) is 11.8 Å². The molecule has 0 saturated heterocycles. The zero-order chi connectivity index (χ0) is 21.6. The molecule has 0 bridgehead atoms. The van der Waals surface area contributed by atoms with Gasteiger partial charge in [0.2, 0.25) is 0 Å². The predicted octanol–water partition coefficient (Wildman–Crippen LogP) is 4.11. The summed E-state index contributed by atoms with van der Waals surface area (Å²) in [4.78, 5) is 23.5. The minimum atomic E-state index is -1.39. The molecule has 0 heterocycles. The molecule has 0 radical (unpaired) electrons. The highest BCUT2D eigenvalue weighted by molar-refractivity contribution is 5.96. The first kappa shape index (κ1) is 20.9. The van der Waals surface area contributed by atoms with E-state index in [9.17, 15) is 19.8 Å². The van der Waals surface area contributed by atoms with Gasteiger partial charge < -0.3 is 20.6 Å². The number of carboxylic acid groups (broad SMARTS) is 1. The Kier molecular flexibility index (Phi) is 5.17. The first-order valence-corrected chi connectivity index (χ1v) is 9.62. The Bertz CT molecular complexity index is 977. The first-order chi connectivity index (χ1) is 13.4. The number of carboxylic acids is 1. The van der Waals surface area contributed by atoms with Gasteiger partial charge in [-0.1, -0.05) is 45.9 Å². The normalized spacial score (nSPS) is 17.8. The molecule has 0 aliphatic heterocycles. The molecule has 0 aromatic heterocycles. The number of amides is 1. The summed E-state index contributed by atoms with van der Waals surface area (Å²) in [5.74, 6) is -2.37. The van der Waals surface area contributed by atoms with Gasteiger partial charge in [0.05, 0.1) is 0 Å². The van der Waals surface area contributed by atoms with E-state index in [1.54, 1.807) is 6.07 Å². The summed E-state index contributed by atoms with van der Waals surface area (Å²) >= 11 is 0. The van der Waals surface area contributed by atoms with E-state index in [0.29, 0.717) is 5.56 Å². The standard InChI is InChI=1S/C23H27NO5/c1-22(2)9-10-23(3,4)17-11-13(5-8-16(17)22)19(26)20(27)24-14-6-7-15(21(28)29)18(25)12-14/h5-8,11-12,19,25-26H,9-10H2,1-4H3,(H,24,27)(H,28,29). The second-order valence-corrected chi connectivity index (χ2v) is 9.00. The highest BCUT2D eigenvalue weighted by atomic mass is 16.4. The van der Waals surface area contributed by atoms with E-state index in [2.05, 4.69) is 33.0 Å². The van der Waals surface area contributed by atoms with Crippen LogP contribution in [0.3, 0.4) is 0 Å². The maximum atomic E-state index is 12.5. The Morgan fingerprint density at radius 3 is 2.17 bits per heavy atom. The molecule has 3 rings (SSSR count). The van der Waals surface area contributed by atoms with Crippen molar-refractivity contribution in [3.8, 4) is 5.75 Å². The lowest BCUT2D eigenvalue weighted by atomic mass is 9.63. The zero-order valence-electron chi connectivity index (χ0n) is 17.1. The van der Waals surface area contributed by atoms with Crippen LogP contribution in [0.1, 0.15) is 73.7 Å². The van der Waals surface area contributed by atoms with Gasteiger partial charge in [-0.25, -0.2) is 4.79 Å². The molecule has 6 nitrogen and oxygen atoms in total. The highest BCUT2D eigenvalue weighted by Gasteiger charge is 2.37. The van der Waals surface area contributed by atoms with Crippen LogP contribution in [0.5, 0.6) is 5.75 Å². The second-order valence-electron chi connectivity index (χ2n) is 9.00. The van der Waals surface area contributed by atoms with E-state index in [1.807, 2.05) is 12.1 Å². The molecule has 154 valence electrons. The van der Waals surface area contributed by atoms with Crippen molar-refractivity contribution in [1.82, 2.24) is 0 Å². The van der Waals surface area contributed by atoms with Crippen molar-refractivity contribution in [1.29, 1.82) is 0 Å². The third-order valence-corrected chi connectivity index (χ3v) is 5.94. The molecule has 0 saturated carbocycles. The fraction of sp³-hybridized carbons (Fsp3) is 0.391. The zero-order valence-corrected chi connectivity index (χ0v) is 17.1. The SMILES string of the molecule is CC1(C)CCC(C)(C)c2cc(C(O)C(=O)Nc3ccc(C(=O)O)c(O)c3)ccc21. The summed E-state index contributed by atoms with van der Waals surface area (Å²) in [7, 11) is 0. The topological polar surface area (TPSA) is 107 Å². The fourth-order valence-corrected chi connectivity index (χ4v) is 3.93. The van der Waals surface area contributed by atoms with Gasteiger partial charge in [0.25, 0.3) is 5.91 Å². The van der Waals surface area contributed by atoms with E-state index >= 15 is 0 Å². The molecule has 1 aliphatic rings. The number of benzene rings is 2. The van der Waals surface area contributed by atoms with Crippen molar-refractivity contribution in [2.75, 3.05) is 5.32 Å². The average molecular weight is 397 g/mol. The maximum Gasteiger partial charge on any atom is 0.339 e. The van der Waals surface area contributed by atoms with E-state index in [4.69, 9.17) is 5.11 Å². The number of phenols is 1. The summed E-state index contributed by atoms with van der Waals surface area (Å²) in [5.41, 5.74) is 2.81. The second kappa shape index (κ2) is 7.19. The lowest BCUT2D eigenvalue weighted by molar-refractivity contribution is -0.124. The van der Waals surface area contributed by atoms with Gasteiger partial charge in [-0.15, -0.1) is 0 Å². The fourth-order valence-electron chi connectivity index (χ4n) is 3.93. The van der Waals surface area contributed by atoms with Crippen LogP contribution in [0.4, 0.5) is 5.69 Å². The van der Waals surface area contributed by atoms with E-state index in [-0.39, 0.29) is 22.1 Å². The molecular weight excluding hydrogens is 370 g/mol. The molecule has 4 N–H and O–H groups in total. The molecule has 2 aromatic carbocycles. The van der Waals surface area contributed by atoms with Gasteiger partial charge in [-0.3, -0.25) is 4.79 Å². The van der Waals surface area contributed by atoms with Crippen LogP contribution >= 0.6 is 0 Å². The summed E-state index contributed by atoms with van der Waals surface area (Å²) in [6, 6.07) is 9.39. The number of fused-ring (bicyclic) bond motifs is 1. The number of rotatable bonds is 4. The van der Waals surface area contributed by atoms with Crippen LogP contribution in [0.15, 0.2) is 36.4 Å². The van der Waals surface area contributed by atoms with Crippen LogP contribution in [0.2, 0.25) is 0 Å². The van der Waals surface area contributed by atoms with Crippen LogP contribution in [-0.4, -0.2) is 27.2 Å². The highest BCUT2D eigenvalue weighted by Crippen LogP contribution is 2.46. The summed E-state index contributed by atoms with van der Waals surface area (Å²) in [6.07, 6.45) is 0.710. The van der Waals surface area contributed by atoms with Crippen molar-refractivity contribution in [2.24, 2.45) is 0 Å². The number of aliphatic hydroxyl groups excluding tert-OH is 1. The Balaban J connectivity index is 1.85. The third-order valence-electron chi connectivity index (χ3n) is 5.94. The number of hydrogen-bond acceptors (Lipinski definition) is 4. The van der Waals surface area contributed by atoms with Crippen molar-refractivity contribution < 1.29 is 24.9 Å². The summed E-state index contributed by atoms with van der Waals surface area (Å²) < 4.78 is 0. The number of nitrogens with one attached hydrogen (secondary N) is 1. The predicted molar refractivity (Wildman–Crippen MR) is 110 cm³/mol. The Morgan fingerprint density at radius 1 is 0.966 bits per heavy atom. The van der Waals surface area contributed by atoms with E-state index in [1.165, 1.54) is 17.7 Å². The minimum absolute atomic E-state index is 0.0417. The van der Waals surface area contributed by atoms with Gasteiger partial charge in [-0.2, -0.15) is 0 Å². The monoisotopic (exact) mass is 397 g/mol. The smallest absolute Gasteiger partial charge is 0.339 e. The molecular formula is C23H27NO5. The van der Waals surface area contributed by atoms with E-state index in [0.717, 1.165) is 24.5 Å². The number of hydrogen-bond donors (Lipinski definition) is 4. The van der Waals surface area contributed by atoms with Crippen LogP contribution < -0.4 is 5.32 Å². The maximum absolute atomic E-state index is 12.5. The largest absolute Gasteiger partial charge is 0.507 e. The van der Waals surface area contributed by atoms with Crippen molar-refractivity contribution >= 4 is 17.6 Å². The molecule has 1 amide bonds. The molecule has 1 atom stereocenters. The Hall–Kier alpha value is -2.86. The lowest BCUT2D eigenvalue weighted by Crippen LogP contribution is -2.34. The number of anilines is 1. The van der Waals surface area contributed by atoms with Crippen LogP contribution in [0, 0.1) is 0 Å². The van der Waals surface area contributed by atoms with Crippen molar-refractivity contribution in [2.45, 2.75) is 57.5 Å². The molecule has 1 unspecified atom stereocenters. The molecule has 0 spiro atoms. The lowest BCUT2D eigenvalue weighted by Gasteiger charge is -2.42. The molecule has 0 fully saturated rings. The number of carbonyl (C=O) groups is 2. The van der Waals surface area contributed by atoms with Crippen molar-refractivity contribution in [3.63, 3.8) is 0 Å². The number of aliphatic hydroxyl groups is 1. The molecule has 29 heavy (non-hydrogen) atoms. The average Bonchev–Trinajstić information content (AvgIpc) is 2.64. The number of aromatic hydroxyl groups is 1. The molecule has 1 aliphatic carbocycles. The van der Waals surface area contributed by atoms with Gasteiger partial charge in [-0.05, 0) is 52.5 Å². The van der Waals surface area contributed by atoms with Gasteiger partial charge in [0.1, 0.15) is 11.3 Å². The number of carbonyl (C=O) groups excluding carboxylic acids is 1. The molecule has 2 aromatic rings. The third kappa shape index (κ3) is 3.98. The van der Waals surface area contributed by atoms with Crippen LogP contribution in [0.25, 0.3) is 0 Å². The Labute approximate surface area is 170 Å². The molecule has 6 heteroatoms. The van der Waals surface area contributed by atoms with Crippen molar-refractivity contribution in [3.05, 3.63) is 58.7 Å².